The van der Waals surface area contributed by atoms with E-state index in [9.17, 15) is 12.8 Å². The molecule has 1 fully saturated rings. The fourth-order valence-electron chi connectivity index (χ4n) is 2.57. The Morgan fingerprint density at radius 2 is 2.10 bits per heavy atom. The number of ether oxygens (including phenoxy) is 1. The van der Waals surface area contributed by atoms with Crippen LogP contribution >= 0.6 is 0 Å². The van der Waals surface area contributed by atoms with Crippen LogP contribution in [0.15, 0.2) is 17.0 Å². The summed E-state index contributed by atoms with van der Waals surface area (Å²) in [5, 5.41) is 0. The highest BCUT2D eigenvalue weighted by molar-refractivity contribution is 7.89. The van der Waals surface area contributed by atoms with Crippen LogP contribution in [0.25, 0.3) is 0 Å². The van der Waals surface area contributed by atoms with Crippen LogP contribution in [0.2, 0.25) is 0 Å². The third-order valence-electron chi connectivity index (χ3n) is 3.59. The topological polar surface area (TPSA) is 81.4 Å². The fourth-order valence-corrected chi connectivity index (χ4v) is 4.05. The number of hydrogen-bond acceptors (Lipinski definition) is 4. The zero-order chi connectivity index (χ0) is 14.9. The number of nitrogen functional groups attached to an aromatic ring is 1. The summed E-state index contributed by atoms with van der Waals surface area (Å²) in [5.41, 5.74) is 6.03. The molecule has 2 unspecified atom stereocenters. The van der Waals surface area contributed by atoms with E-state index in [2.05, 4.69) is 4.72 Å². The van der Waals surface area contributed by atoms with Crippen molar-refractivity contribution in [1.82, 2.24) is 4.72 Å². The van der Waals surface area contributed by atoms with Gasteiger partial charge in [-0.15, -0.1) is 0 Å². The highest BCUT2D eigenvalue weighted by atomic mass is 32.2. The van der Waals surface area contributed by atoms with Gasteiger partial charge in [0.2, 0.25) is 10.0 Å². The van der Waals surface area contributed by atoms with E-state index < -0.39 is 20.7 Å². The molecule has 2 rings (SSSR count). The summed E-state index contributed by atoms with van der Waals surface area (Å²) in [6, 6.07) is 2.22. The van der Waals surface area contributed by atoms with Crippen molar-refractivity contribution in [3.05, 3.63) is 23.5 Å². The summed E-state index contributed by atoms with van der Waals surface area (Å²) in [4.78, 5) is -0.406. The first kappa shape index (κ1) is 15.2. The van der Waals surface area contributed by atoms with Crippen molar-refractivity contribution in [3.63, 3.8) is 0 Å². The van der Waals surface area contributed by atoms with E-state index >= 15 is 0 Å². The Balaban J connectivity index is 2.31. The lowest BCUT2D eigenvalue weighted by Crippen LogP contribution is -2.41. The van der Waals surface area contributed by atoms with Gasteiger partial charge in [0.25, 0.3) is 0 Å². The second kappa shape index (κ2) is 5.67. The maximum atomic E-state index is 14.0. The van der Waals surface area contributed by atoms with Crippen molar-refractivity contribution < 1.29 is 17.5 Å². The molecule has 0 aliphatic heterocycles. The van der Waals surface area contributed by atoms with Crippen molar-refractivity contribution in [2.75, 3.05) is 12.8 Å². The van der Waals surface area contributed by atoms with Gasteiger partial charge in [0.1, 0.15) is 10.7 Å². The zero-order valence-electron chi connectivity index (χ0n) is 11.5. The number of rotatable bonds is 4. The molecule has 1 aliphatic rings. The number of benzene rings is 1. The van der Waals surface area contributed by atoms with Crippen molar-refractivity contribution >= 4 is 15.7 Å². The van der Waals surface area contributed by atoms with E-state index in [1.165, 1.54) is 13.0 Å². The first-order valence-electron chi connectivity index (χ1n) is 6.46. The van der Waals surface area contributed by atoms with Gasteiger partial charge in [0.05, 0.1) is 6.10 Å². The first-order valence-corrected chi connectivity index (χ1v) is 7.94. The van der Waals surface area contributed by atoms with Crippen LogP contribution in [-0.2, 0) is 14.8 Å². The number of nitrogens with two attached hydrogens (primary N) is 1. The molecule has 0 spiro atoms. The van der Waals surface area contributed by atoms with Crippen LogP contribution in [0.5, 0.6) is 0 Å². The Bertz CT molecular complexity index is 604. The molecule has 0 radical (unpaired) electrons. The monoisotopic (exact) mass is 302 g/mol. The van der Waals surface area contributed by atoms with Gasteiger partial charge < -0.3 is 10.5 Å². The minimum absolute atomic E-state index is 0.171. The molecule has 0 saturated heterocycles. The molecule has 20 heavy (non-hydrogen) atoms. The largest absolute Gasteiger partial charge is 0.399 e. The Morgan fingerprint density at radius 1 is 1.40 bits per heavy atom. The molecular weight excluding hydrogens is 283 g/mol. The lowest BCUT2D eigenvalue weighted by atomic mass is 10.2. The molecule has 0 amide bonds. The molecular formula is C13H19FN2O3S. The Labute approximate surface area is 118 Å². The quantitative estimate of drug-likeness (QED) is 0.827. The van der Waals surface area contributed by atoms with E-state index in [0.717, 1.165) is 18.9 Å². The van der Waals surface area contributed by atoms with Crippen molar-refractivity contribution in [3.8, 4) is 0 Å². The van der Waals surface area contributed by atoms with Gasteiger partial charge in [-0.25, -0.2) is 17.5 Å². The third-order valence-corrected chi connectivity index (χ3v) is 5.08. The minimum Gasteiger partial charge on any atom is -0.399 e. The number of nitrogens with one attached hydrogen (secondary N) is 1. The lowest BCUT2D eigenvalue weighted by Gasteiger charge is -2.20. The van der Waals surface area contributed by atoms with Crippen molar-refractivity contribution in [2.24, 2.45) is 0 Å². The first-order chi connectivity index (χ1) is 9.35. The van der Waals surface area contributed by atoms with Gasteiger partial charge in [0.15, 0.2) is 0 Å². The summed E-state index contributed by atoms with van der Waals surface area (Å²) in [6.45, 7) is 1.48. The molecule has 1 aromatic carbocycles. The van der Waals surface area contributed by atoms with Crippen LogP contribution < -0.4 is 10.5 Å². The molecule has 0 aromatic heterocycles. The smallest absolute Gasteiger partial charge is 0.243 e. The lowest BCUT2D eigenvalue weighted by molar-refractivity contribution is 0.0916. The number of methoxy groups -OCH3 is 1. The summed E-state index contributed by atoms with van der Waals surface area (Å²) in [5.74, 6) is -0.765. The second-order valence-electron chi connectivity index (χ2n) is 5.08. The average molecular weight is 302 g/mol. The van der Waals surface area contributed by atoms with Gasteiger partial charge in [-0.2, -0.15) is 0 Å². The van der Waals surface area contributed by atoms with Crippen LogP contribution in [0, 0.1) is 12.7 Å². The predicted octanol–water partition coefficient (Wildman–Crippen LogP) is 1.56. The maximum Gasteiger partial charge on any atom is 0.243 e. The highest BCUT2D eigenvalue weighted by Crippen LogP contribution is 2.26. The summed E-state index contributed by atoms with van der Waals surface area (Å²) >= 11 is 0. The molecule has 7 heteroatoms. The van der Waals surface area contributed by atoms with Gasteiger partial charge in [-0.3, -0.25) is 0 Å². The summed E-state index contributed by atoms with van der Waals surface area (Å²) in [7, 11) is -2.40. The average Bonchev–Trinajstić information content (AvgIpc) is 2.80. The summed E-state index contributed by atoms with van der Waals surface area (Å²) in [6.07, 6.45) is 2.18. The molecule has 0 bridgehead atoms. The van der Waals surface area contributed by atoms with Crippen LogP contribution in [-0.4, -0.2) is 27.7 Å². The second-order valence-corrected chi connectivity index (χ2v) is 6.77. The van der Waals surface area contributed by atoms with Gasteiger partial charge in [-0.1, -0.05) is 0 Å². The summed E-state index contributed by atoms with van der Waals surface area (Å²) < 4.78 is 46.4. The van der Waals surface area contributed by atoms with E-state index in [1.54, 1.807) is 7.11 Å². The highest BCUT2D eigenvalue weighted by Gasteiger charge is 2.32. The predicted molar refractivity (Wildman–Crippen MR) is 74.3 cm³/mol. The number of aryl methyl sites for hydroxylation is 1. The molecule has 2 atom stereocenters. The molecule has 0 heterocycles. The molecule has 5 nitrogen and oxygen atoms in total. The standard InChI is InChI=1S/C13H19FN2O3S/c1-8-6-9(15)7-12(13(8)14)20(17,18)16-10-4-3-5-11(10)19-2/h6-7,10-11,16H,3-5,15H2,1-2H3. The van der Waals surface area contributed by atoms with E-state index in [1.807, 2.05) is 0 Å². The normalized spacial score (nSPS) is 23.1. The van der Waals surface area contributed by atoms with Crippen molar-refractivity contribution in [1.29, 1.82) is 0 Å². The van der Waals surface area contributed by atoms with E-state index in [-0.39, 0.29) is 23.4 Å². The van der Waals surface area contributed by atoms with Crippen LogP contribution in [0.3, 0.4) is 0 Å². The van der Waals surface area contributed by atoms with E-state index in [4.69, 9.17) is 10.5 Å². The molecule has 112 valence electrons. The number of anilines is 1. The van der Waals surface area contributed by atoms with Crippen LogP contribution in [0.4, 0.5) is 10.1 Å². The minimum atomic E-state index is -3.95. The Morgan fingerprint density at radius 3 is 2.75 bits per heavy atom. The SMILES string of the molecule is COC1CCCC1NS(=O)(=O)c1cc(N)cc(C)c1F. The Hall–Kier alpha value is -1.18. The van der Waals surface area contributed by atoms with Crippen molar-refractivity contribution in [2.45, 2.75) is 43.2 Å². The molecule has 1 aromatic rings. The number of halogens is 1. The zero-order valence-corrected chi connectivity index (χ0v) is 12.3. The molecule has 1 aliphatic carbocycles. The van der Waals surface area contributed by atoms with Gasteiger partial charge in [-0.05, 0) is 43.9 Å². The maximum absolute atomic E-state index is 14.0. The fraction of sp³-hybridized carbons (Fsp3) is 0.538. The van der Waals surface area contributed by atoms with Gasteiger partial charge in [0, 0.05) is 18.8 Å². The Kier molecular flexibility index (Phi) is 4.31. The molecule has 3 N–H and O–H groups in total. The van der Waals surface area contributed by atoms with Crippen LogP contribution in [0.1, 0.15) is 24.8 Å². The molecule has 1 saturated carbocycles. The number of hydrogen-bond donors (Lipinski definition) is 2. The third kappa shape index (κ3) is 2.94. The van der Waals surface area contributed by atoms with E-state index in [0.29, 0.717) is 6.42 Å². The van der Waals surface area contributed by atoms with Gasteiger partial charge >= 0.3 is 0 Å². The number of sulfonamides is 1.